The summed E-state index contributed by atoms with van der Waals surface area (Å²) >= 11 is 0.807. The van der Waals surface area contributed by atoms with E-state index in [0.29, 0.717) is 0 Å². The second kappa shape index (κ2) is 12.5. The van der Waals surface area contributed by atoms with Gasteiger partial charge in [0.1, 0.15) is 0 Å². The Morgan fingerprint density at radius 2 is 1.42 bits per heavy atom. The smallest absolute Gasteiger partial charge is 0.410 e. The molecule has 0 spiro atoms. The predicted octanol–water partition coefficient (Wildman–Crippen LogP) is 2.43. The van der Waals surface area contributed by atoms with Crippen molar-refractivity contribution in [3.05, 3.63) is 0 Å². The molecule has 0 aliphatic carbocycles. The van der Waals surface area contributed by atoms with Crippen molar-refractivity contribution >= 4 is 35.1 Å². The van der Waals surface area contributed by atoms with Crippen LogP contribution >= 0.6 is 11.8 Å². The van der Waals surface area contributed by atoms with Gasteiger partial charge in [-0.1, -0.05) is 13.8 Å². The summed E-state index contributed by atoms with van der Waals surface area (Å²) in [5, 5.41) is 1.76. The molecule has 0 fully saturated rings. The molecular weight excluding hydrogens is 342 g/mol. The molecule has 1 N–H and O–H groups in total. The number of nitrogens with one attached hydrogen (secondary N) is 1. The molecule has 2 atom stereocenters. The van der Waals surface area contributed by atoms with Gasteiger partial charge in [0.2, 0.25) is 12.6 Å². The molecule has 2 unspecified atom stereocenters. The Morgan fingerprint density at radius 1 is 0.917 bits per heavy atom. The molecule has 10 heteroatoms. The van der Waals surface area contributed by atoms with E-state index in [-0.39, 0.29) is 26.6 Å². The lowest BCUT2D eigenvalue weighted by molar-refractivity contribution is -0.165. The largest absolute Gasteiger partial charge is 0.425 e. The van der Waals surface area contributed by atoms with Gasteiger partial charge in [-0.05, 0) is 11.8 Å². The van der Waals surface area contributed by atoms with E-state index in [1.807, 2.05) is 0 Å². The van der Waals surface area contributed by atoms with Crippen LogP contribution < -0.4 is 5.32 Å². The highest BCUT2D eigenvalue weighted by Gasteiger charge is 2.15. The van der Waals surface area contributed by atoms with Crippen molar-refractivity contribution < 1.29 is 39.6 Å². The third-order valence-corrected chi connectivity index (χ3v) is 3.04. The van der Waals surface area contributed by atoms with E-state index in [9.17, 15) is 19.2 Å². The van der Waals surface area contributed by atoms with Crippen LogP contribution in [0, 0.1) is 0 Å². The summed E-state index contributed by atoms with van der Waals surface area (Å²) in [6.45, 7) is 6.23. The first-order valence-corrected chi connectivity index (χ1v) is 8.43. The van der Waals surface area contributed by atoms with E-state index >= 15 is 0 Å². The molecular formula is C14H25NO8S. The first-order chi connectivity index (χ1) is 11.3. The summed E-state index contributed by atoms with van der Waals surface area (Å²) in [4.78, 5) is 44.8. The summed E-state index contributed by atoms with van der Waals surface area (Å²) in [5.74, 6) is -0.722. The maximum atomic E-state index is 11.4. The van der Waals surface area contributed by atoms with Crippen LogP contribution in [0.25, 0.3) is 0 Å². The molecule has 0 saturated heterocycles. The van der Waals surface area contributed by atoms with Crippen LogP contribution in [0.1, 0.15) is 42.0 Å². The zero-order chi connectivity index (χ0) is 18.5. The summed E-state index contributed by atoms with van der Waals surface area (Å²) in [6, 6.07) is 0. The first-order valence-electron chi connectivity index (χ1n) is 7.45. The van der Waals surface area contributed by atoms with E-state index in [1.54, 1.807) is 13.8 Å². The zero-order valence-electron chi connectivity index (χ0n) is 14.2. The highest BCUT2D eigenvalue weighted by atomic mass is 32.2. The third-order valence-electron chi connectivity index (χ3n) is 2.30. The fraction of sp³-hybridized carbons (Fsp3) is 0.714. The van der Waals surface area contributed by atoms with Crippen LogP contribution in [0.15, 0.2) is 0 Å². The van der Waals surface area contributed by atoms with E-state index < -0.39 is 35.9 Å². The van der Waals surface area contributed by atoms with Crippen LogP contribution in [0.3, 0.4) is 0 Å². The molecule has 9 nitrogen and oxygen atoms in total. The Morgan fingerprint density at radius 3 is 1.92 bits per heavy atom. The van der Waals surface area contributed by atoms with E-state index in [1.165, 1.54) is 13.8 Å². The number of hydrogen-bond donors (Lipinski definition) is 1. The van der Waals surface area contributed by atoms with Gasteiger partial charge < -0.3 is 24.3 Å². The van der Waals surface area contributed by atoms with Crippen molar-refractivity contribution in [3.63, 3.8) is 0 Å². The molecule has 0 rings (SSSR count). The molecule has 0 aromatic heterocycles. The zero-order valence-corrected chi connectivity index (χ0v) is 15.0. The van der Waals surface area contributed by atoms with Gasteiger partial charge in [-0.3, -0.25) is 9.59 Å². The van der Waals surface area contributed by atoms with Crippen LogP contribution in [0.4, 0.5) is 9.59 Å². The van der Waals surface area contributed by atoms with Crippen LogP contribution in [0.5, 0.6) is 0 Å². The maximum Gasteiger partial charge on any atom is 0.410 e. The molecule has 0 aliphatic heterocycles. The predicted molar refractivity (Wildman–Crippen MR) is 87.2 cm³/mol. The van der Waals surface area contributed by atoms with Gasteiger partial charge in [0.15, 0.2) is 0 Å². The standard InChI is InChI=1S/C14H23NO8S.H2/c1-5-11(16)20-9(3)22-13(18)15-7-8-24-14(19)23-10(4)21-12(17)6-2;/h9-10H,5-8H2,1-4H3,(H,15,18);1H. The number of hydrogen-bond acceptors (Lipinski definition) is 9. The number of amides is 1. The SMILES string of the molecule is CCC(=O)OC(C)OC(=O)NCCSC(=O)OC(C)OC(=O)CC.[HH]. The number of rotatable bonds is 9. The third kappa shape index (κ3) is 11.6. The van der Waals surface area contributed by atoms with E-state index in [0.717, 1.165) is 11.8 Å². The van der Waals surface area contributed by atoms with Crippen LogP contribution in [-0.4, -0.2) is 48.2 Å². The van der Waals surface area contributed by atoms with Gasteiger partial charge in [0.25, 0.3) is 0 Å². The first kappa shape index (κ1) is 22.0. The van der Waals surface area contributed by atoms with Gasteiger partial charge >= 0.3 is 23.3 Å². The van der Waals surface area contributed by atoms with Crippen molar-refractivity contribution in [2.24, 2.45) is 0 Å². The topological polar surface area (TPSA) is 117 Å². The van der Waals surface area contributed by atoms with Crippen LogP contribution in [-0.2, 0) is 28.5 Å². The Bertz CT molecular complexity index is 409. The number of carbonyl (C=O) groups excluding carboxylic acids is 4. The molecule has 24 heavy (non-hydrogen) atoms. The quantitative estimate of drug-likeness (QED) is 0.372. The molecule has 140 valence electrons. The highest BCUT2D eigenvalue weighted by molar-refractivity contribution is 8.13. The van der Waals surface area contributed by atoms with Crippen LogP contribution in [0.2, 0.25) is 0 Å². The van der Waals surface area contributed by atoms with Gasteiger partial charge in [-0.2, -0.15) is 0 Å². The number of ether oxygens (including phenoxy) is 4. The van der Waals surface area contributed by atoms with Gasteiger partial charge in [0.05, 0.1) is 0 Å². The summed E-state index contributed by atoms with van der Waals surface area (Å²) < 4.78 is 19.1. The minimum atomic E-state index is -0.996. The summed E-state index contributed by atoms with van der Waals surface area (Å²) in [7, 11) is 0. The highest BCUT2D eigenvalue weighted by Crippen LogP contribution is 2.08. The van der Waals surface area contributed by atoms with Gasteiger partial charge in [-0.15, -0.1) is 0 Å². The van der Waals surface area contributed by atoms with E-state index in [4.69, 9.17) is 18.9 Å². The van der Waals surface area contributed by atoms with E-state index in [2.05, 4.69) is 5.32 Å². The minimum Gasteiger partial charge on any atom is -0.425 e. The minimum absolute atomic E-state index is 0. The lowest BCUT2D eigenvalue weighted by atomic mass is 10.5. The second-order valence-electron chi connectivity index (χ2n) is 4.37. The Labute approximate surface area is 146 Å². The number of carbonyl (C=O) groups is 4. The fourth-order valence-electron chi connectivity index (χ4n) is 1.23. The fourth-order valence-corrected chi connectivity index (χ4v) is 1.81. The van der Waals surface area contributed by atoms with Crippen molar-refractivity contribution in [2.75, 3.05) is 12.3 Å². The van der Waals surface area contributed by atoms with Crippen molar-refractivity contribution in [2.45, 2.75) is 53.1 Å². The Kier molecular flexibility index (Phi) is 11.4. The normalized spacial score (nSPS) is 12.5. The average Bonchev–Trinajstić information content (AvgIpc) is 2.50. The molecule has 1 amide bonds. The number of alkyl carbamates (subject to hydrolysis) is 1. The van der Waals surface area contributed by atoms with Gasteiger partial charge in [-0.25, -0.2) is 9.59 Å². The van der Waals surface area contributed by atoms with Crippen molar-refractivity contribution in [1.29, 1.82) is 0 Å². The number of thioether (sulfide) groups is 1. The molecule has 0 aromatic rings. The molecule has 0 radical (unpaired) electrons. The molecule has 0 heterocycles. The molecule has 0 bridgehead atoms. The van der Waals surface area contributed by atoms with Crippen molar-refractivity contribution in [3.8, 4) is 0 Å². The van der Waals surface area contributed by atoms with Gasteiger partial charge in [0, 0.05) is 40.4 Å². The molecule has 0 aromatic carbocycles. The Hall–Kier alpha value is -1.97. The molecule has 0 saturated carbocycles. The lowest BCUT2D eigenvalue weighted by Crippen LogP contribution is -2.31. The monoisotopic (exact) mass is 367 g/mol. The summed E-state index contributed by atoms with van der Waals surface area (Å²) in [5.41, 5.74) is 0. The average molecular weight is 367 g/mol. The second-order valence-corrected chi connectivity index (χ2v) is 5.40. The summed E-state index contributed by atoms with van der Waals surface area (Å²) in [6.07, 6.45) is -2.37. The maximum absolute atomic E-state index is 11.4. The number of esters is 2. The lowest BCUT2D eigenvalue weighted by Gasteiger charge is -2.14. The Balaban J connectivity index is 0. The van der Waals surface area contributed by atoms with Crippen molar-refractivity contribution in [1.82, 2.24) is 5.32 Å². The molecule has 0 aliphatic rings.